The highest BCUT2D eigenvalue weighted by Crippen LogP contribution is 2.24. The Hall–Kier alpha value is -2.40. The van der Waals surface area contributed by atoms with Crippen molar-refractivity contribution in [2.75, 3.05) is 26.7 Å². The average Bonchev–Trinajstić information content (AvgIpc) is 3.13. The third kappa shape index (κ3) is 4.11. The number of benzene rings is 1. The molecule has 126 valence electrons. The Kier molecular flexibility index (Phi) is 5.43. The van der Waals surface area contributed by atoms with E-state index >= 15 is 0 Å². The van der Waals surface area contributed by atoms with Crippen molar-refractivity contribution in [3.63, 3.8) is 0 Å². The quantitative estimate of drug-likeness (QED) is 0.886. The van der Waals surface area contributed by atoms with Gasteiger partial charge in [0, 0.05) is 12.4 Å². The van der Waals surface area contributed by atoms with Gasteiger partial charge in [0.15, 0.2) is 0 Å². The molecule has 1 aliphatic rings. The molecule has 0 spiro atoms. The van der Waals surface area contributed by atoms with Crippen LogP contribution in [0.15, 0.2) is 48.8 Å². The first-order valence-corrected chi connectivity index (χ1v) is 8.32. The second-order valence-electron chi connectivity index (χ2n) is 6.04. The van der Waals surface area contributed by atoms with Crippen LogP contribution in [0.3, 0.4) is 0 Å². The lowest BCUT2D eigenvalue weighted by atomic mass is 9.99. The molecule has 1 fully saturated rings. The van der Waals surface area contributed by atoms with Gasteiger partial charge < -0.3 is 10.1 Å². The third-order valence-corrected chi connectivity index (χ3v) is 4.36. The van der Waals surface area contributed by atoms with Gasteiger partial charge in [-0.15, -0.1) is 0 Å². The highest BCUT2D eigenvalue weighted by molar-refractivity contribution is 5.79. The molecule has 0 unspecified atom stereocenters. The summed E-state index contributed by atoms with van der Waals surface area (Å²) < 4.78 is 5.22. The van der Waals surface area contributed by atoms with Crippen LogP contribution in [0, 0.1) is 0 Å². The Morgan fingerprint density at radius 3 is 2.38 bits per heavy atom. The number of carbonyl (C=O) groups excluding carboxylic acids is 1. The van der Waals surface area contributed by atoms with Crippen LogP contribution in [0.2, 0.25) is 0 Å². The fourth-order valence-electron chi connectivity index (χ4n) is 3.06. The summed E-state index contributed by atoms with van der Waals surface area (Å²) in [5.41, 5.74) is 2.04. The van der Waals surface area contributed by atoms with Crippen LogP contribution in [0.4, 0.5) is 0 Å². The molecule has 24 heavy (non-hydrogen) atoms. The molecule has 1 N–H and O–H groups in total. The SMILES string of the molecule is COc1ccc([C@@H](NC(=O)CN2CCCC2)c2ccncc2)cc1. The van der Waals surface area contributed by atoms with Crippen LogP contribution in [-0.2, 0) is 4.79 Å². The minimum atomic E-state index is -0.186. The topological polar surface area (TPSA) is 54.5 Å². The van der Waals surface area contributed by atoms with E-state index in [1.807, 2.05) is 36.4 Å². The average molecular weight is 325 g/mol. The van der Waals surface area contributed by atoms with Crippen molar-refractivity contribution in [1.29, 1.82) is 0 Å². The molecule has 2 heterocycles. The molecule has 1 amide bonds. The van der Waals surface area contributed by atoms with E-state index in [-0.39, 0.29) is 11.9 Å². The van der Waals surface area contributed by atoms with Gasteiger partial charge in [0.25, 0.3) is 0 Å². The lowest BCUT2D eigenvalue weighted by Crippen LogP contribution is -2.38. The predicted octanol–water partition coefficient (Wildman–Crippen LogP) is 2.39. The zero-order chi connectivity index (χ0) is 16.8. The number of likely N-dealkylation sites (tertiary alicyclic amines) is 1. The predicted molar refractivity (Wildman–Crippen MR) is 92.9 cm³/mol. The molecule has 0 saturated carbocycles. The van der Waals surface area contributed by atoms with Crippen LogP contribution in [0.1, 0.15) is 30.0 Å². The largest absolute Gasteiger partial charge is 0.497 e. The second kappa shape index (κ2) is 7.93. The molecule has 0 bridgehead atoms. The van der Waals surface area contributed by atoms with E-state index in [1.165, 1.54) is 12.8 Å². The Labute approximate surface area is 142 Å². The highest BCUT2D eigenvalue weighted by atomic mass is 16.5. The summed E-state index contributed by atoms with van der Waals surface area (Å²) in [5.74, 6) is 0.852. The minimum Gasteiger partial charge on any atom is -0.497 e. The normalized spacial score (nSPS) is 15.9. The molecule has 2 aromatic rings. The number of amides is 1. The van der Waals surface area contributed by atoms with Gasteiger partial charge in [-0.25, -0.2) is 0 Å². The molecule has 5 heteroatoms. The first-order chi connectivity index (χ1) is 11.8. The lowest BCUT2D eigenvalue weighted by Gasteiger charge is -2.22. The van der Waals surface area contributed by atoms with Crippen molar-refractivity contribution in [3.8, 4) is 5.75 Å². The van der Waals surface area contributed by atoms with Crippen molar-refractivity contribution in [1.82, 2.24) is 15.2 Å². The summed E-state index contributed by atoms with van der Waals surface area (Å²) in [4.78, 5) is 18.8. The van der Waals surface area contributed by atoms with Gasteiger partial charge in [-0.1, -0.05) is 12.1 Å². The smallest absolute Gasteiger partial charge is 0.234 e. The number of nitrogens with zero attached hydrogens (tertiary/aromatic N) is 2. The molecule has 0 radical (unpaired) electrons. The minimum absolute atomic E-state index is 0.0505. The van der Waals surface area contributed by atoms with Crippen molar-refractivity contribution in [2.45, 2.75) is 18.9 Å². The van der Waals surface area contributed by atoms with E-state index in [9.17, 15) is 4.79 Å². The number of aromatic nitrogens is 1. The van der Waals surface area contributed by atoms with Crippen LogP contribution < -0.4 is 10.1 Å². The standard InChI is InChI=1S/C19H23N3O2/c1-24-17-6-4-15(5-7-17)19(16-8-10-20-11-9-16)21-18(23)14-22-12-2-3-13-22/h4-11,19H,2-3,12-14H2,1H3,(H,21,23)/t19-/m1/s1. The number of nitrogens with one attached hydrogen (secondary N) is 1. The summed E-state index contributed by atoms with van der Waals surface area (Å²) >= 11 is 0. The van der Waals surface area contributed by atoms with Crippen LogP contribution in [0.25, 0.3) is 0 Å². The number of ether oxygens (including phenoxy) is 1. The van der Waals surface area contributed by atoms with E-state index in [1.54, 1.807) is 19.5 Å². The molecular weight excluding hydrogens is 302 g/mol. The van der Waals surface area contributed by atoms with E-state index < -0.39 is 0 Å². The van der Waals surface area contributed by atoms with Crippen molar-refractivity contribution in [2.24, 2.45) is 0 Å². The van der Waals surface area contributed by atoms with E-state index in [0.29, 0.717) is 6.54 Å². The van der Waals surface area contributed by atoms with Gasteiger partial charge >= 0.3 is 0 Å². The maximum Gasteiger partial charge on any atom is 0.234 e. The molecule has 0 aliphatic carbocycles. The van der Waals surface area contributed by atoms with Crippen molar-refractivity contribution >= 4 is 5.91 Å². The maximum atomic E-state index is 12.5. The molecular formula is C19H23N3O2. The monoisotopic (exact) mass is 325 g/mol. The van der Waals surface area contributed by atoms with Crippen molar-refractivity contribution < 1.29 is 9.53 Å². The van der Waals surface area contributed by atoms with Crippen LogP contribution >= 0.6 is 0 Å². The Morgan fingerprint density at radius 1 is 1.12 bits per heavy atom. The zero-order valence-corrected chi connectivity index (χ0v) is 13.9. The number of hydrogen-bond donors (Lipinski definition) is 1. The maximum absolute atomic E-state index is 12.5. The fraction of sp³-hybridized carbons (Fsp3) is 0.368. The zero-order valence-electron chi connectivity index (χ0n) is 13.9. The Bertz CT molecular complexity index is 652. The van der Waals surface area contributed by atoms with E-state index in [2.05, 4.69) is 15.2 Å². The van der Waals surface area contributed by atoms with Gasteiger partial charge in [-0.3, -0.25) is 14.7 Å². The first kappa shape index (κ1) is 16.5. The highest BCUT2D eigenvalue weighted by Gasteiger charge is 2.20. The number of pyridine rings is 1. The van der Waals surface area contributed by atoms with Crippen molar-refractivity contribution in [3.05, 3.63) is 59.9 Å². The summed E-state index contributed by atoms with van der Waals surface area (Å²) in [6.07, 6.45) is 5.86. The van der Waals surface area contributed by atoms with Gasteiger partial charge in [0.1, 0.15) is 5.75 Å². The molecule has 1 aliphatic heterocycles. The van der Waals surface area contributed by atoms with E-state index in [0.717, 1.165) is 30.0 Å². The Balaban J connectivity index is 1.77. The van der Waals surface area contributed by atoms with Crippen LogP contribution in [0.5, 0.6) is 5.75 Å². The molecule has 3 rings (SSSR count). The van der Waals surface area contributed by atoms with E-state index in [4.69, 9.17) is 4.74 Å². The third-order valence-electron chi connectivity index (χ3n) is 4.36. The molecule has 1 saturated heterocycles. The Morgan fingerprint density at radius 2 is 1.75 bits per heavy atom. The summed E-state index contributed by atoms with van der Waals surface area (Å²) in [6, 6.07) is 11.5. The number of carbonyl (C=O) groups is 1. The lowest BCUT2D eigenvalue weighted by molar-refractivity contribution is -0.122. The second-order valence-corrected chi connectivity index (χ2v) is 6.04. The summed E-state index contributed by atoms with van der Waals surface area (Å²) in [5, 5.41) is 3.16. The van der Waals surface area contributed by atoms with Crippen LogP contribution in [-0.4, -0.2) is 42.5 Å². The van der Waals surface area contributed by atoms with Gasteiger partial charge in [0.05, 0.1) is 19.7 Å². The molecule has 1 aromatic carbocycles. The summed E-state index contributed by atoms with van der Waals surface area (Å²) in [6.45, 7) is 2.48. The molecule has 1 aromatic heterocycles. The first-order valence-electron chi connectivity index (χ1n) is 8.32. The van der Waals surface area contributed by atoms with Gasteiger partial charge in [-0.05, 0) is 61.3 Å². The summed E-state index contributed by atoms with van der Waals surface area (Å²) in [7, 11) is 1.65. The number of rotatable bonds is 6. The number of methoxy groups -OCH3 is 1. The number of hydrogen-bond acceptors (Lipinski definition) is 4. The molecule has 1 atom stereocenters. The van der Waals surface area contributed by atoms with Gasteiger partial charge in [-0.2, -0.15) is 0 Å². The fourth-order valence-corrected chi connectivity index (χ4v) is 3.06. The molecule has 5 nitrogen and oxygen atoms in total. The van der Waals surface area contributed by atoms with Gasteiger partial charge in [0.2, 0.25) is 5.91 Å².